The Hall–Kier alpha value is -2.09. The van der Waals surface area contributed by atoms with E-state index in [9.17, 15) is 4.79 Å². The van der Waals surface area contributed by atoms with Crippen molar-refractivity contribution in [2.45, 2.75) is 484 Å². The lowest BCUT2D eigenvalue weighted by molar-refractivity contribution is -0.137. The fourth-order valence-electron chi connectivity index (χ4n) is 12.0. The van der Waals surface area contributed by atoms with E-state index >= 15 is 0 Å². The fourth-order valence-corrected chi connectivity index (χ4v) is 12.0. The maximum Gasteiger partial charge on any atom is 0.303 e. The minimum atomic E-state index is -0.664. The molecular weight excluding hydrogens is 1090 g/mol. The molecule has 0 spiro atoms. The van der Waals surface area contributed by atoms with Crippen LogP contribution in [0.3, 0.4) is 0 Å². The van der Waals surface area contributed by atoms with Gasteiger partial charge in [0.1, 0.15) is 0 Å². The van der Waals surface area contributed by atoms with Gasteiger partial charge in [0.25, 0.3) is 0 Å². The molecular formula is C88H170O2. The summed E-state index contributed by atoms with van der Waals surface area (Å²) in [5, 5.41) is 8.51. The molecule has 0 heterocycles. The molecule has 0 fully saturated rings. The van der Waals surface area contributed by atoms with Gasteiger partial charge in [-0.25, -0.2) is 0 Å². The molecule has 2 nitrogen and oxygen atoms in total. The zero-order valence-corrected chi connectivity index (χ0v) is 63.0. The highest BCUT2D eigenvalue weighted by atomic mass is 16.4. The molecule has 0 saturated heterocycles. The number of hydrogen-bond acceptors (Lipinski definition) is 1. The number of hydrogen-bond donors (Lipinski definition) is 1. The van der Waals surface area contributed by atoms with Gasteiger partial charge >= 0.3 is 5.97 Å². The van der Waals surface area contributed by atoms with E-state index in [-0.39, 0.29) is 0 Å². The predicted octanol–water partition coefficient (Wildman–Crippen LogP) is 33.0. The number of unbranched alkanes of at least 4 members (excludes halogenated alkanes) is 61. The summed E-state index contributed by atoms with van der Waals surface area (Å²) in [4.78, 5) is 10.3. The molecule has 0 bridgehead atoms. The third-order valence-corrected chi connectivity index (χ3v) is 18.2. The number of carboxylic acids is 1. The smallest absolute Gasteiger partial charge is 0.303 e. The van der Waals surface area contributed by atoms with Crippen molar-refractivity contribution in [3.05, 3.63) is 73.9 Å². The van der Waals surface area contributed by atoms with Crippen molar-refractivity contribution in [1.29, 1.82) is 0 Å². The summed E-state index contributed by atoms with van der Waals surface area (Å²) < 4.78 is 0. The van der Waals surface area contributed by atoms with Crippen molar-refractivity contribution >= 4 is 5.97 Å². The maximum atomic E-state index is 10.3. The molecule has 0 atom stereocenters. The Labute approximate surface area is 570 Å². The maximum absolute atomic E-state index is 10.3. The summed E-state index contributed by atoms with van der Waals surface area (Å²) in [5.74, 6) is -0.664. The standard InChI is InChI=1S/2C34H66.C18H34O2.C2H4/c2*1-3-5-7-9-11-13-15-17-19-21-23-25-27-29-31-33-34-32-30-28-26-24-22-20-18-16-14-12-10-8-6-4-2;1-2-3-4-5-6-7-8-9-10-11-12-13-14-15-16-17-18(19)20;1-2/h2*17-20H,3-16,21-34H2,1-2H3;9-10H,2-8,11-17H2,1H3,(H,19,20);1-2H2/b2*19-17-,20-18-;10-9-;. The van der Waals surface area contributed by atoms with E-state index < -0.39 is 5.97 Å². The van der Waals surface area contributed by atoms with Gasteiger partial charge in [0.15, 0.2) is 0 Å². The zero-order chi connectivity index (χ0) is 66.1. The molecule has 0 aliphatic rings. The molecule has 0 aromatic heterocycles. The van der Waals surface area contributed by atoms with Gasteiger partial charge in [-0.15, -0.1) is 13.2 Å². The first-order valence-corrected chi connectivity index (χ1v) is 41.6. The summed E-state index contributed by atoms with van der Waals surface area (Å²) in [6.45, 7) is 17.4. The monoisotopic (exact) mass is 1260 g/mol. The van der Waals surface area contributed by atoms with Crippen molar-refractivity contribution in [1.82, 2.24) is 0 Å². The third kappa shape index (κ3) is 105. The Morgan fingerprint density at radius 3 is 0.400 bits per heavy atom. The molecule has 0 amide bonds. The van der Waals surface area contributed by atoms with Gasteiger partial charge in [0, 0.05) is 6.42 Å². The van der Waals surface area contributed by atoms with E-state index in [0.717, 1.165) is 12.8 Å². The number of aliphatic carboxylic acids is 1. The van der Waals surface area contributed by atoms with E-state index in [4.69, 9.17) is 5.11 Å². The summed E-state index contributed by atoms with van der Waals surface area (Å²) in [6.07, 6.45) is 120. The first kappa shape index (κ1) is 94.3. The van der Waals surface area contributed by atoms with Gasteiger partial charge in [-0.05, 0) is 135 Å². The molecule has 0 aromatic rings. The molecule has 534 valence electrons. The largest absolute Gasteiger partial charge is 0.481 e. The number of carboxylic acid groups (broad SMARTS) is 1. The Bertz CT molecular complexity index is 1200. The van der Waals surface area contributed by atoms with Gasteiger partial charge in [0.05, 0.1) is 0 Å². The molecule has 0 aromatic carbocycles. The Kier molecular flexibility index (Phi) is 103. The summed E-state index contributed by atoms with van der Waals surface area (Å²) in [6, 6.07) is 0. The van der Waals surface area contributed by atoms with Crippen molar-refractivity contribution in [2.24, 2.45) is 0 Å². The van der Waals surface area contributed by atoms with Crippen LogP contribution in [0.2, 0.25) is 0 Å². The molecule has 0 aliphatic heterocycles. The lowest BCUT2D eigenvalue weighted by atomic mass is 10.0. The zero-order valence-electron chi connectivity index (χ0n) is 63.0. The van der Waals surface area contributed by atoms with Crippen molar-refractivity contribution in [3.8, 4) is 0 Å². The molecule has 0 unspecified atom stereocenters. The van der Waals surface area contributed by atoms with Crippen LogP contribution in [0, 0.1) is 0 Å². The average Bonchev–Trinajstić information content (AvgIpc) is 3.55. The number of allylic oxidation sites excluding steroid dienone is 10. The van der Waals surface area contributed by atoms with Crippen LogP contribution in [0.1, 0.15) is 484 Å². The van der Waals surface area contributed by atoms with Crippen LogP contribution in [0.15, 0.2) is 73.9 Å². The second-order valence-electron chi connectivity index (χ2n) is 27.5. The van der Waals surface area contributed by atoms with Crippen LogP contribution < -0.4 is 0 Å². The highest BCUT2D eigenvalue weighted by Crippen LogP contribution is 2.18. The SMILES string of the molecule is C=C.CCCCCCCC/C=C\CCCCCCCC(=O)O.CCCCCCCC/C=C\CCCCCCCCCCCCCC/C=C\CCCCCCCC.CCCCCCCC/C=C\CCCCCCCCCCCCCC/C=C\CCCCCCCC. The van der Waals surface area contributed by atoms with Crippen molar-refractivity contribution in [3.63, 3.8) is 0 Å². The minimum Gasteiger partial charge on any atom is -0.481 e. The summed E-state index contributed by atoms with van der Waals surface area (Å²) >= 11 is 0. The molecule has 90 heavy (non-hydrogen) atoms. The van der Waals surface area contributed by atoms with Crippen LogP contribution in [0.5, 0.6) is 0 Å². The van der Waals surface area contributed by atoms with E-state index in [1.54, 1.807) is 0 Å². The van der Waals surface area contributed by atoms with E-state index in [1.165, 1.54) is 430 Å². The lowest BCUT2D eigenvalue weighted by Gasteiger charge is -2.02. The normalized spacial score (nSPS) is 11.6. The molecule has 0 saturated carbocycles. The van der Waals surface area contributed by atoms with Crippen LogP contribution in [0.4, 0.5) is 0 Å². The van der Waals surface area contributed by atoms with Gasteiger partial charge < -0.3 is 5.11 Å². The highest BCUT2D eigenvalue weighted by Gasteiger charge is 1.99. The molecule has 0 aliphatic carbocycles. The van der Waals surface area contributed by atoms with E-state index in [0.29, 0.717) is 6.42 Å². The van der Waals surface area contributed by atoms with E-state index in [2.05, 4.69) is 109 Å². The van der Waals surface area contributed by atoms with Gasteiger partial charge in [-0.3, -0.25) is 4.79 Å². The van der Waals surface area contributed by atoms with Crippen molar-refractivity contribution in [2.75, 3.05) is 0 Å². The first-order valence-electron chi connectivity index (χ1n) is 41.6. The average molecular weight is 1260 g/mol. The Balaban J connectivity index is -0.000000628. The second-order valence-corrected chi connectivity index (χ2v) is 27.5. The lowest BCUT2D eigenvalue weighted by Crippen LogP contribution is -1.93. The molecule has 0 rings (SSSR count). The minimum absolute atomic E-state index is 0.332. The topological polar surface area (TPSA) is 37.3 Å². The quantitative estimate of drug-likeness (QED) is 0.0487. The molecule has 0 radical (unpaired) electrons. The van der Waals surface area contributed by atoms with Gasteiger partial charge in [-0.2, -0.15) is 0 Å². The van der Waals surface area contributed by atoms with Gasteiger partial charge in [-0.1, -0.05) is 404 Å². The molecule has 2 heteroatoms. The summed E-state index contributed by atoms with van der Waals surface area (Å²) in [5.41, 5.74) is 0. The fraction of sp³-hybridized carbons (Fsp3) is 0.852. The van der Waals surface area contributed by atoms with Gasteiger partial charge in [0.2, 0.25) is 0 Å². The summed E-state index contributed by atoms with van der Waals surface area (Å²) in [7, 11) is 0. The number of rotatable bonds is 73. The Morgan fingerprint density at radius 2 is 0.289 bits per heavy atom. The van der Waals surface area contributed by atoms with Crippen LogP contribution in [-0.4, -0.2) is 11.1 Å². The van der Waals surface area contributed by atoms with Crippen LogP contribution >= 0.6 is 0 Å². The van der Waals surface area contributed by atoms with E-state index in [1.807, 2.05) is 0 Å². The third-order valence-electron chi connectivity index (χ3n) is 18.2. The molecule has 1 N–H and O–H groups in total. The van der Waals surface area contributed by atoms with Crippen LogP contribution in [0.25, 0.3) is 0 Å². The van der Waals surface area contributed by atoms with Crippen LogP contribution in [-0.2, 0) is 4.79 Å². The first-order chi connectivity index (χ1) is 44.6. The Morgan fingerprint density at radius 1 is 0.189 bits per heavy atom. The highest BCUT2D eigenvalue weighted by molar-refractivity contribution is 5.66. The van der Waals surface area contributed by atoms with Crippen molar-refractivity contribution < 1.29 is 9.90 Å². The number of carbonyl (C=O) groups is 1. The predicted molar refractivity (Wildman–Crippen MR) is 416 cm³/mol. The second kappa shape index (κ2) is 98.0.